The maximum absolute atomic E-state index is 12.7. The second kappa shape index (κ2) is 9.84. The topological polar surface area (TPSA) is 47.6 Å². The molecule has 4 nitrogen and oxygen atoms in total. The minimum absolute atomic E-state index is 0.00864. The third-order valence-corrected chi connectivity index (χ3v) is 4.52. The van der Waals surface area contributed by atoms with E-state index in [9.17, 15) is 4.79 Å². The molecule has 162 valence electrons. The molecular formula is C26H35NO3. The molecule has 0 unspecified atom stereocenters. The number of hydrogen-bond acceptors (Lipinski definition) is 4. The Morgan fingerprint density at radius 2 is 1.50 bits per heavy atom. The summed E-state index contributed by atoms with van der Waals surface area (Å²) < 4.78 is 12.1. The van der Waals surface area contributed by atoms with Crippen molar-refractivity contribution in [1.29, 1.82) is 0 Å². The Hall–Kier alpha value is -2.75. The molecule has 2 aromatic carbocycles. The smallest absolute Gasteiger partial charge is 0.185 e. The molecular weight excluding hydrogens is 374 g/mol. The normalized spacial score (nSPS) is 11.9. The number of hydrogen-bond donors (Lipinski definition) is 1. The van der Waals surface area contributed by atoms with E-state index in [1.807, 2.05) is 71.2 Å². The first-order valence-electron chi connectivity index (χ1n) is 10.5. The molecule has 0 aromatic heterocycles. The third-order valence-electron chi connectivity index (χ3n) is 4.52. The molecule has 1 N–H and O–H groups in total. The zero-order chi connectivity index (χ0) is 22.5. The van der Waals surface area contributed by atoms with Gasteiger partial charge in [-0.25, -0.2) is 0 Å². The largest absolute Gasteiger partial charge is 0.491 e. The monoisotopic (exact) mass is 409 g/mol. The van der Waals surface area contributed by atoms with E-state index in [0.717, 1.165) is 22.6 Å². The summed E-state index contributed by atoms with van der Waals surface area (Å²) >= 11 is 0. The summed E-state index contributed by atoms with van der Waals surface area (Å²) in [6.45, 7) is 14.5. The number of ether oxygens (including phenoxy) is 2. The average molecular weight is 410 g/mol. The molecule has 30 heavy (non-hydrogen) atoms. The van der Waals surface area contributed by atoms with Crippen LogP contribution in [0, 0.1) is 0 Å². The van der Waals surface area contributed by atoms with Crippen LogP contribution < -0.4 is 14.8 Å². The highest BCUT2D eigenvalue weighted by molar-refractivity contribution is 6.07. The van der Waals surface area contributed by atoms with Crippen LogP contribution in [0.2, 0.25) is 0 Å². The number of carbonyl (C=O) groups excluding carboxylic acids is 1. The maximum Gasteiger partial charge on any atom is 0.185 e. The highest BCUT2D eigenvalue weighted by Crippen LogP contribution is 2.38. The first-order valence-corrected chi connectivity index (χ1v) is 10.5. The number of benzene rings is 2. The molecule has 0 saturated heterocycles. The lowest BCUT2D eigenvalue weighted by molar-refractivity contribution is 0.104. The van der Waals surface area contributed by atoms with Crippen molar-refractivity contribution in [2.45, 2.75) is 66.1 Å². The van der Waals surface area contributed by atoms with E-state index in [4.69, 9.17) is 9.47 Å². The van der Waals surface area contributed by atoms with Gasteiger partial charge in [0.2, 0.25) is 0 Å². The van der Waals surface area contributed by atoms with Gasteiger partial charge in [0, 0.05) is 35.5 Å². The summed E-state index contributed by atoms with van der Waals surface area (Å²) in [4.78, 5) is 12.7. The van der Waals surface area contributed by atoms with Crippen molar-refractivity contribution >= 4 is 17.5 Å². The number of nitrogens with one attached hydrogen (secondary N) is 1. The highest BCUT2D eigenvalue weighted by atomic mass is 16.5. The van der Waals surface area contributed by atoms with Crippen LogP contribution in [0.15, 0.2) is 42.5 Å². The fraction of sp³-hybridized carbons (Fsp3) is 0.423. The van der Waals surface area contributed by atoms with Crippen LogP contribution in [-0.2, 0) is 5.41 Å². The van der Waals surface area contributed by atoms with Gasteiger partial charge in [-0.05, 0) is 75.6 Å². The Balaban J connectivity index is 2.46. The summed E-state index contributed by atoms with van der Waals surface area (Å²) in [5.74, 6) is 1.48. The van der Waals surface area contributed by atoms with Gasteiger partial charge in [-0.2, -0.15) is 0 Å². The van der Waals surface area contributed by atoms with Gasteiger partial charge in [-0.15, -0.1) is 0 Å². The third kappa shape index (κ3) is 6.38. The van der Waals surface area contributed by atoms with Crippen LogP contribution >= 0.6 is 0 Å². The van der Waals surface area contributed by atoms with E-state index < -0.39 is 0 Å². The molecule has 0 fully saturated rings. The average Bonchev–Trinajstić information content (AvgIpc) is 2.65. The molecule has 0 amide bonds. The Morgan fingerprint density at radius 3 is 2.00 bits per heavy atom. The minimum Gasteiger partial charge on any atom is -0.491 e. The van der Waals surface area contributed by atoms with Crippen molar-refractivity contribution < 1.29 is 14.3 Å². The van der Waals surface area contributed by atoms with Gasteiger partial charge in [-0.1, -0.05) is 20.8 Å². The van der Waals surface area contributed by atoms with E-state index in [-0.39, 0.29) is 23.4 Å². The van der Waals surface area contributed by atoms with Crippen LogP contribution in [0.1, 0.15) is 70.0 Å². The van der Waals surface area contributed by atoms with Crippen molar-refractivity contribution in [2.75, 3.05) is 12.4 Å². The number of carbonyl (C=O) groups is 1. The highest BCUT2D eigenvalue weighted by Gasteiger charge is 2.22. The van der Waals surface area contributed by atoms with Gasteiger partial charge in [-0.3, -0.25) is 4.79 Å². The lowest BCUT2D eigenvalue weighted by atomic mass is 9.85. The van der Waals surface area contributed by atoms with Crippen LogP contribution in [0.4, 0.5) is 5.69 Å². The number of rotatable bonds is 8. The van der Waals surface area contributed by atoms with E-state index in [2.05, 4.69) is 32.2 Å². The zero-order valence-electron chi connectivity index (χ0n) is 19.5. The lowest BCUT2D eigenvalue weighted by Gasteiger charge is -2.26. The molecule has 2 aromatic rings. The molecule has 0 bridgehead atoms. The summed E-state index contributed by atoms with van der Waals surface area (Å²) in [6, 6.07) is 11.5. The second-order valence-electron chi connectivity index (χ2n) is 8.99. The lowest BCUT2D eigenvalue weighted by Crippen LogP contribution is -2.17. The first kappa shape index (κ1) is 23.5. The molecule has 4 heteroatoms. The number of ketones is 1. The zero-order valence-corrected chi connectivity index (χ0v) is 19.5. The van der Waals surface area contributed by atoms with Crippen molar-refractivity contribution in [2.24, 2.45) is 0 Å². The van der Waals surface area contributed by atoms with Crippen LogP contribution in [0.5, 0.6) is 11.5 Å². The summed E-state index contributed by atoms with van der Waals surface area (Å²) in [7, 11) is 1.85. The molecule has 0 saturated carbocycles. The van der Waals surface area contributed by atoms with Gasteiger partial charge < -0.3 is 14.8 Å². The van der Waals surface area contributed by atoms with Crippen LogP contribution in [0.25, 0.3) is 6.08 Å². The fourth-order valence-corrected chi connectivity index (χ4v) is 3.06. The Morgan fingerprint density at radius 1 is 0.933 bits per heavy atom. The quantitative estimate of drug-likeness (QED) is 0.399. The minimum atomic E-state index is -0.115. The molecule has 0 atom stereocenters. The molecule has 0 radical (unpaired) electrons. The molecule has 0 aliphatic carbocycles. The van der Waals surface area contributed by atoms with Gasteiger partial charge in [0.1, 0.15) is 11.5 Å². The molecule has 0 spiro atoms. The molecule has 0 aliphatic heterocycles. The van der Waals surface area contributed by atoms with Crippen molar-refractivity contribution in [3.8, 4) is 11.5 Å². The van der Waals surface area contributed by atoms with Gasteiger partial charge in [0.25, 0.3) is 0 Å². The molecule has 0 heterocycles. The summed E-state index contributed by atoms with van der Waals surface area (Å²) in [5.41, 5.74) is 3.45. The molecule has 0 aliphatic rings. The van der Waals surface area contributed by atoms with Crippen LogP contribution in [-0.4, -0.2) is 25.0 Å². The van der Waals surface area contributed by atoms with Crippen molar-refractivity contribution in [1.82, 2.24) is 0 Å². The summed E-state index contributed by atoms with van der Waals surface area (Å²) in [5, 5.41) is 3.06. The van der Waals surface area contributed by atoms with Crippen LogP contribution in [0.3, 0.4) is 0 Å². The predicted octanol–water partition coefficient (Wildman–Crippen LogP) is 6.50. The van der Waals surface area contributed by atoms with Gasteiger partial charge in [0.05, 0.1) is 12.2 Å². The standard InChI is InChI=1S/C26H35NO3/c1-17(2)29-24-16-25(30-18(3)4)22(26(5,6)7)15-20(24)11-14-23(28)19-9-12-21(27-8)13-10-19/h9-18,27H,1-8H3. The SMILES string of the molecule is CNc1ccc(C(=O)C=Cc2cc(C(C)(C)C)c(OC(C)C)cc2OC(C)C)cc1. The van der Waals surface area contributed by atoms with E-state index in [1.54, 1.807) is 6.08 Å². The first-order chi connectivity index (χ1) is 14.0. The number of allylic oxidation sites excluding steroid dienone is 1. The Labute approximate surface area is 181 Å². The fourth-order valence-electron chi connectivity index (χ4n) is 3.06. The Kier molecular flexibility index (Phi) is 7.71. The summed E-state index contributed by atoms with van der Waals surface area (Å²) in [6.07, 6.45) is 3.50. The van der Waals surface area contributed by atoms with Crippen molar-refractivity contribution in [3.63, 3.8) is 0 Å². The number of anilines is 1. The van der Waals surface area contributed by atoms with E-state index in [0.29, 0.717) is 11.3 Å². The Bertz CT molecular complexity index is 888. The van der Waals surface area contributed by atoms with E-state index in [1.165, 1.54) is 0 Å². The maximum atomic E-state index is 12.7. The van der Waals surface area contributed by atoms with Gasteiger partial charge >= 0.3 is 0 Å². The second-order valence-corrected chi connectivity index (χ2v) is 8.99. The van der Waals surface area contributed by atoms with Gasteiger partial charge in [0.15, 0.2) is 5.78 Å². The van der Waals surface area contributed by atoms with Crippen molar-refractivity contribution in [3.05, 3.63) is 59.2 Å². The molecule has 2 rings (SSSR count). The predicted molar refractivity (Wildman–Crippen MR) is 126 cm³/mol. The van der Waals surface area contributed by atoms with E-state index >= 15 is 0 Å².